The van der Waals surface area contributed by atoms with E-state index in [1.54, 1.807) is 11.3 Å². The first-order valence-corrected chi connectivity index (χ1v) is 8.08. The Morgan fingerprint density at radius 3 is 2.86 bits per heavy atom. The van der Waals surface area contributed by atoms with Crippen molar-refractivity contribution < 1.29 is 9.53 Å². The van der Waals surface area contributed by atoms with Crippen LogP contribution in [0.2, 0.25) is 5.02 Å². The molecular weight excluding hydrogens is 346 g/mol. The van der Waals surface area contributed by atoms with E-state index in [9.17, 15) is 4.79 Å². The second kappa shape index (κ2) is 8.13. The average molecular weight is 364 g/mol. The monoisotopic (exact) mass is 363 g/mol. The zero-order valence-electron chi connectivity index (χ0n) is 11.7. The summed E-state index contributed by atoms with van der Waals surface area (Å²) < 4.78 is 5.01. The molecule has 0 saturated heterocycles. The fourth-order valence-corrected chi connectivity index (χ4v) is 3.90. The van der Waals surface area contributed by atoms with Gasteiger partial charge in [0.1, 0.15) is 6.04 Å². The van der Waals surface area contributed by atoms with Gasteiger partial charge in [0.05, 0.1) is 7.11 Å². The van der Waals surface area contributed by atoms with Gasteiger partial charge in [0, 0.05) is 23.0 Å². The fraction of sp³-hybridized carbons (Fsp3) is 0.312. The number of benzene rings is 1. The van der Waals surface area contributed by atoms with E-state index in [4.69, 9.17) is 16.3 Å². The topological polar surface area (TPSA) is 29.5 Å². The number of carbonyl (C=O) groups excluding carboxylic acids is 1. The van der Waals surface area contributed by atoms with Gasteiger partial charge in [-0.2, -0.15) is 0 Å². The Balaban J connectivity index is 0.00000176. The van der Waals surface area contributed by atoms with Crippen LogP contribution in [-0.2, 0) is 22.5 Å². The third-order valence-corrected chi connectivity index (χ3v) is 5.19. The quantitative estimate of drug-likeness (QED) is 0.620. The number of hydrogen-bond acceptors (Lipinski definition) is 4. The van der Waals surface area contributed by atoms with E-state index in [1.807, 2.05) is 24.3 Å². The predicted octanol–water partition coefficient (Wildman–Crippen LogP) is 2.76. The SMILES string of the molecule is COC(=O)C(c1ccccc1Cl)N1CCc2sccc2C1.[CaH2]. The number of methoxy groups -OCH3 is 1. The fourth-order valence-electron chi connectivity index (χ4n) is 2.77. The van der Waals surface area contributed by atoms with Crippen molar-refractivity contribution in [3.8, 4) is 0 Å². The maximum absolute atomic E-state index is 12.3. The Morgan fingerprint density at radius 2 is 2.14 bits per heavy atom. The van der Waals surface area contributed by atoms with Crippen molar-refractivity contribution in [3.05, 3.63) is 56.7 Å². The Labute approximate surface area is 169 Å². The van der Waals surface area contributed by atoms with E-state index in [0.717, 1.165) is 25.1 Å². The number of fused-ring (bicyclic) bond motifs is 1. The zero-order valence-corrected chi connectivity index (χ0v) is 13.3. The molecule has 0 aliphatic carbocycles. The minimum atomic E-state index is -0.447. The van der Waals surface area contributed by atoms with Crippen molar-refractivity contribution in [3.63, 3.8) is 0 Å². The van der Waals surface area contributed by atoms with Crippen molar-refractivity contribution in [2.45, 2.75) is 19.0 Å². The Kier molecular flexibility index (Phi) is 6.74. The first kappa shape index (κ1) is 18.2. The molecule has 22 heavy (non-hydrogen) atoms. The molecule has 0 radical (unpaired) electrons. The molecule has 1 unspecified atom stereocenters. The molecule has 3 rings (SSSR count). The zero-order chi connectivity index (χ0) is 14.8. The molecule has 0 bridgehead atoms. The van der Waals surface area contributed by atoms with Gasteiger partial charge in [-0.1, -0.05) is 29.8 Å². The molecule has 0 saturated carbocycles. The molecule has 0 amide bonds. The molecule has 6 heteroatoms. The Morgan fingerprint density at radius 1 is 1.36 bits per heavy atom. The Bertz CT molecular complexity index is 661. The summed E-state index contributed by atoms with van der Waals surface area (Å²) in [5.41, 5.74) is 2.11. The van der Waals surface area contributed by atoms with Crippen LogP contribution in [0.25, 0.3) is 0 Å². The molecule has 0 spiro atoms. The molecular formula is C16H18CaClNO2S. The number of carbonyl (C=O) groups is 1. The number of ether oxygens (including phenoxy) is 1. The van der Waals surface area contributed by atoms with E-state index >= 15 is 0 Å². The van der Waals surface area contributed by atoms with Crippen molar-refractivity contribution in [2.24, 2.45) is 0 Å². The second-order valence-electron chi connectivity index (χ2n) is 5.04. The summed E-state index contributed by atoms with van der Waals surface area (Å²) in [5, 5.41) is 2.71. The first-order valence-electron chi connectivity index (χ1n) is 6.82. The number of esters is 1. The normalized spacial score (nSPS) is 15.5. The van der Waals surface area contributed by atoms with Gasteiger partial charge in [-0.05, 0) is 35.1 Å². The van der Waals surface area contributed by atoms with Crippen molar-refractivity contribution in [1.82, 2.24) is 4.90 Å². The van der Waals surface area contributed by atoms with E-state index in [1.165, 1.54) is 17.6 Å². The molecule has 3 nitrogen and oxygen atoms in total. The molecule has 0 fully saturated rings. The predicted molar refractivity (Wildman–Crippen MR) is 93.2 cm³/mol. The summed E-state index contributed by atoms with van der Waals surface area (Å²) in [7, 11) is 1.42. The molecule has 0 N–H and O–H groups in total. The molecule has 2 aromatic rings. The molecule has 1 aliphatic rings. The summed E-state index contributed by atoms with van der Waals surface area (Å²) >= 11 is 8.07. The first-order chi connectivity index (χ1) is 10.2. The van der Waals surface area contributed by atoms with Crippen LogP contribution < -0.4 is 0 Å². The number of thiophene rings is 1. The summed E-state index contributed by atoms with van der Waals surface area (Å²) in [5.74, 6) is -0.262. The summed E-state index contributed by atoms with van der Waals surface area (Å²) in [6, 6.07) is 9.16. The van der Waals surface area contributed by atoms with Crippen molar-refractivity contribution in [1.29, 1.82) is 0 Å². The number of halogens is 1. The number of hydrogen-bond donors (Lipinski definition) is 0. The molecule has 2 heterocycles. The molecule has 1 atom stereocenters. The van der Waals surface area contributed by atoms with Crippen LogP contribution in [0.15, 0.2) is 35.7 Å². The summed E-state index contributed by atoms with van der Waals surface area (Å²) in [4.78, 5) is 15.8. The van der Waals surface area contributed by atoms with Gasteiger partial charge in [0.15, 0.2) is 0 Å². The van der Waals surface area contributed by atoms with Gasteiger partial charge in [-0.15, -0.1) is 11.3 Å². The van der Waals surface area contributed by atoms with Crippen molar-refractivity contribution >= 4 is 66.6 Å². The third-order valence-electron chi connectivity index (χ3n) is 3.83. The molecule has 114 valence electrons. The summed E-state index contributed by atoms with van der Waals surface area (Å²) in [6.45, 7) is 1.59. The average Bonchev–Trinajstić information content (AvgIpc) is 2.97. The van der Waals surface area contributed by atoms with Crippen LogP contribution >= 0.6 is 22.9 Å². The van der Waals surface area contributed by atoms with Crippen LogP contribution in [0.5, 0.6) is 0 Å². The van der Waals surface area contributed by atoms with E-state index in [2.05, 4.69) is 16.3 Å². The van der Waals surface area contributed by atoms with Gasteiger partial charge in [-0.25, -0.2) is 4.79 Å². The molecule has 1 aromatic heterocycles. The van der Waals surface area contributed by atoms with Gasteiger partial charge < -0.3 is 4.74 Å². The number of rotatable bonds is 3. The maximum atomic E-state index is 12.3. The third kappa shape index (κ3) is 3.69. The standard InChI is InChI=1S/C16H16ClNO2S.Ca.2H/c1-20-16(19)15(12-4-2-3-5-13(12)17)18-8-6-14-11(10-18)7-9-21-14;;;/h2-5,7,9,15H,6,8,10H2,1H3;;;. The van der Waals surface area contributed by atoms with Gasteiger partial charge in [-0.3, -0.25) is 4.90 Å². The van der Waals surface area contributed by atoms with Crippen LogP contribution in [0.4, 0.5) is 0 Å². The molecule has 1 aromatic carbocycles. The van der Waals surface area contributed by atoms with E-state index < -0.39 is 6.04 Å². The van der Waals surface area contributed by atoms with Gasteiger partial charge in [0.25, 0.3) is 0 Å². The van der Waals surface area contributed by atoms with Gasteiger partial charge in [0.2, 0.25) is 0 Å². The van der Waals surface area contributed by atoms with Crippen LogP contribution in [0.3, 0.4) is 0 Å². The molecule has 1 aliphatic heterocycles. The van der Waals surface area contributed by atoms with Crippen LogP contribution in [-0.4, -0.2) is 62.3 Å². The Hall–Kier alpha value is -0.100. The van der Waals surface area contributed by atoms with E-state index in [-0.39, 0.29) is 43.7 Å². The minimum absolute atomic E-state index is 0. The van der Waals surface area contributed by atoms with Crippen LogP contribution in [0.1, 0.15) is 22.0 Å². The van der Waals surface area contributed by atoms with Gasteiger partial charge >= 0.3 is 43.7 Å². The summed E-state index contributed by atoms with van der Waals surface area (Å²) in [6.07, 6.45) is 0.963. The van der Waals surface area contributed by atoms with Crippen LogP contribution in [0, 0.1) is 0 Å². The second-order valence-corrected chi connectivity index (χ2v) is 6.44. The van der Waals surface area contributed by atoms with Crippen molar-refractivity contribution in [2.75, 3.05) is 13.7 Å². The number of nitrogens with zero attached hydrogens (tertiary/aromatic N) is 1. The van der Waals surface area contributed by atoms with E-state index in [0.29, 0.717) is 5.02 Å².